The summed E-state index contributed by atoms with van der Waals surface area (Å²) in [6.07, 6.45) is 2.28. The van der Waals surface area contributed by atoms with Gasteiger partial charge in [0.15, 0.2) is 0 Å². The van der Waals surface area contributed by atoms with Gasteiger partial charge in [0, 0.05) is 25.2 Å². The molecule has 2 rings (SSSR count). The van der Waals surface area contributed by atoms with E-state index in [2.05, 4.69) is 16.6 Å². The molecule has 24 heavy (non-hydrogen) atoms. The standard InChI is InChI=1S/C15H22N2O3.CH5N.H3NO/c1-11-5-6-13(16-9-11)19-12-7-8-17(10-12)14(18)20-15(2,3)4;2*1-2/h5-6,9,12H,7-8,10H2,1-4H3;2H2,1H3;2H,1H2. The Morgan fingerprint density at radius 1 is 1.33 bits per heavy atom. The predicted octanol–water partition coefficient (Wildman–Crippen LogP) is 1.69. The van der Waals surface area contributed by atoms with Crippen LogP contribution in [0.4, 0.5) is 4.79 Å². The van der Waals surface area contributed by atoms with Crippen molar-refractivity contribution in [3.63, 3.8) is 0 Å². The average Bonchev–Trinajstić information content (AvgIpc) is 3.01. The number of aromatic nitrogens is 1. The Hall–Kier alpha value is -1.90. The Labute approximate surface area is 143 Å². The maximum Gasteiger partial charge on any atom is 0.410 e. The Bertz CT molecular complexity index is 474. The largest absolute Gasteiger partial charge is 0.472 e. The summed E-state index contributed by atoms with van der Waals surface area (Å²) in [5.41, 5.74) is 5.13. The molecule has 8 heteroatoms. The van der Waals surface area contributed by atoms with Gasteiger partial charge >= 0.3 is 6.09 Å². The summed E-state index contributed by atoms with van der Waals surface area (Å²) in [7, 11) is 1.50. The minimum absolute atomic E-state index is 0.0160. The summed E-state index contributed by atoms with van der Waals surface area (Å²) in [5.74, 6) is 4.10. The number of hydrogen-bond acceptors (Lipinski definition) is 7. The van der Waals surface area contributed by atoms with E-state index in [0.717, 1.165) is 12.0 Å². The summed E-state index contributed by atoms with van der Waals surface area (Å²) >= 11 is 0. The van der Waals surface area contributed by atoms with Gasteiger partial charge in [0.2, 0.25) is 5.88 Å². The third-order valence-corrected chi connectivity index (χ3v) is 2.97. The first-order valence-corrected chi connectivity index (χ1v) is 7.74. The Balaban J connectivity index is 0.00000123. The third-order valence-electron chi connectivity index (χ3n) is 2.97. The molecule has 1 atom stereocenters. The first kappa shape index (κ1) is 22.1. The number of nitrogens with zero attached hydrogens (tertiary/aromatic N) is 2. The lowest BCUT2D eigenvalue weighted by molar-refractivity contribution is 0.0275. The minimum atomic E-state index is -0.464. The van der Waals surface area contributed by atoms with E-state index in [0.29, 0.717) is 19.0 Å². The van der Waals surface area contributed by atoms with Crippen molar-refractivity contribution in [2.75, 3.05) is 20.1 Å². The van der Waals surface area contributed by atoms with Crippen LogP contribution in [0.5, 0.6) is 5.88 Å². The summed E-state index contributed by atoms with van der Waals surface area (Å²) in [6, 6.07) is 3.81. The molecule has 1 aromatic rings. The molecule has 1 amide bonds. The minimum Gasteiger partial charge on any atom is -0.472 e. The van der Waals surface area contributed by atoms with Gasteiger partial charge in [-0.1, -0.05) is 6.07 Å². The van der Waals surface area contributed by atoms with E-state index in [1.165, 1.54) is 7.05 Å². The number of amides is 1. The molecule has 1 aliphatic rings. The lowest BCUT2D eigenvalue weighted by Gasteiger charge is -2.24. The number of aryl methyl sites for hydroxylation is 1. The zero-order chi connectivity index (χ0) is 18.8. The molecule has 0 aliphatic carbocycles. The van der Waals surface area contributed by atoms with Crippen LogP contribution in [0, 0.1) is 6.92 Å². The smallest absolute Gasteiger partial charge is 0.410 e. The van der Waals surface area contributed by atoms with Gasteiger partial charge in [-0.15, -0.1) is 0 Å². The Morgan fingerprint density at radius 3 is 2.46 bits per heavy atom. The van der Waals surface area contributed by atoms with Crippen LogP contribution in [-0.4, -0.2) is 53.0 Å². The molecule has 1 unspecified atom stereocenters. The van der Waals surface area contributed by atoms with Crippen molar-refractivity contribution >= 4 is 6.09 Å². The number of likely N-dealkylation sites (tertiary alicyclic amines) is 1. The third kappa shape index (κ3) is 8.09. The maximum atomic E-state index is 11.9. The summed E-state index contributed by atoms with van der Waals surface area (Å²) in [4.78, 5) is 17.8. The molecule has 0 aromatic carbocycles. The van der Waals surface area contributed by atoms with E-state index in [4.69, 9.17) is 14.7 Å². The Kier molecular flexibility index (Phi) is 9.94. The second kappa shape index (κ2) is 10.8. The van der Waals surface area contributed by atoms with Crippen LogP contribution >= 0.6 is 0 Å². The van der Waals surface area contributed by atoms with Crippen molar-refractivity contribution in [2.24, 2.45) is 11.6 Å². The van der Waals surface area contributed by atoms with E-state index >= 15 is 0 Å². The molecule has 8 nitrogen and oxygen atoms in total. The molecular weight excluding hydrogens is 312 g/mol. The van der Waals surface area contributed by atoms with Gasteiger partial charge in [-0.2, -0.15) is 0 Å². The van der Waals surface area contributed by atoms with E-state index in [1.54, 1.807) is 11.1 Å². The highest BCUT2D eigenvalue weighted by atomic mass is 16.6. The van der Waals surface area contributed by atoms with Crippen molar-refractivity contribution in [2.45, 2.75) is 45.8 Å². The number of ether oxygens (including phenoxy) is 2. The summed E-state index contributed by atoms with van der Waals surface area (Å²) < 4.78 is 11.1. The van der Waals surface area contributed by atoms with Gasteiger partial charge in [-0.3, -0.25) is 0 Å². The van der Waals surface area contributed by atoms with Crippen molar-refractivity contribution in [1.82, 2.24) is 9.88 Å². The number of carbonyl (C=O) groups is 1. The lowest BCUT2D eigenvalue weighted by atomic mass is 10.2. The molecule has 138 valence electrons. The fourth-order valence-electron chi connectivity index (χ4n) is 2.01. The number of pyridine rings is 1. The zero-order valence-corrected chi connectivity index (χ0v) is 15.2. The molecule has 1 fully saturated rings. The first-order chi connectivity index (χ1) is 11.3. The molecule has 0 spiro atoms. The molecule has 2 heterocycles. The van der Waals surface area contributed by atoms with Crippen molar-refractivity contribution in [3.8, 4) is 5.88 Å². The molecule has 1 saturated heterocycles. The van der Waals surface area contributed by atoms with Crippen LogP contribution < -0.4 is 16.4 Å². The van der Waals surface area contributed by atoms with Crippen LogP contribution in [0.2, 0.25) is 0 Å². The van der Waals surface area contributed by atoms with Gasteiger partial charge in [0.05, 0.1) is 6.54 Å². The van der Waals surface area contributed by atoms with Gasteiger partial charge in [-0.25, -0.2) is 15.7 Å². The van der Waals surface area contributed by atoms with Gasteiger partial charge in [0.1, 0.15) is 11.7 Å². The van der Waals surface area contributed by atoms with Gasteiger partial charge < -0.3 is 25.3 Å². The van der Waals surface area contributed by atoms with Crippen LogP contribution in [0.15, 0.2) is 18.3 Å². The van der Waals surface area contributed by atoms with E-state index in [9.17, 15) is 4.79 Å². The molecule has 1 aromatic heterocycles. The van der Waals surface area contributed by atoms with Crippen molar-refractivity contribution in [1.29, 1.82) is 0 Å². The molecule has 1 aliphatic heterocycles. The lowest BCUT2D eigenvalue weighted by Crippen LogP contribution is -2.36. The predicted molar refractivity (Wildman–Crippen MR) is 91.9 cm³/mol. The van der Waals surface area contributed by atoms with Gasteiger partial charge in [-0.05, 0) is 40.3 Å². The number of rotatable bonds is 2. The second-order valence-electron chi connectivity index (χ2n) is 6.13. The Morgan fingerprint density at radius 2 is 1.96 bits per heavy atom. The summed E-state index contributed by atoms with van der Waals surface area (Å²) in [6.45, 7) is 8.79. The van der Waals surface area contributed by atoms with Crippen LogP contribution in [0.3, 0.4) is 0 Å². The zero-order valence-electron chi connectivity index (χ0n) is 15.2. The van der Waals surface area contributed by atoms with Crippen LogP contribution in [0.1, 0.15) is 32.8 Å². The first-order valence-electron chi connectivity index (χ1n) is 7.74. The van der Waals surface area contributed by atoms with E-state index < -0.39 is 5.60 Å². The topological polar surface area (TPSA) is 124 Å². The quantitative estimate of drug-likeness (QED) is 0.698. The second-order valence-corrected chi connectivity index (χ2v) is 6.13. The highest BCUT2D eigenvalue weighted by Gasteiger charge is 2.30. The normalized spacial score (nSPS) is 16.3. The number of hydrogen-bond donors (Lipinski definition) is 3. The highest BCUT2D eigenvalue weighted by Crippen LogP contribution is 2.19. The number of nitrogens with two attached hydrogens (primary N) is 2. The maximum absolute atomic E-state index is 11.9. The fourth-order valence-corrected chi connectivity index (χ4v) is 2.01. The van der Waals surface area contributed by atoms with Crippen LogP contribution in [-0.2, 0) is 4.74 Å². The van der Waals surface area contributed by atoms with E-state index in [1.807, 2.05) is 39.8 Å². The van der Waals surface area contributed by atoms with Gasteiger partial charge in [0.25, 0.3) is 0 Å². The molecular formula is C16H30N4O4. The number of carbonyl (C=O) groups excluding carboxylic acids is 1. The highest BCUT2D eigenvalue weighted by molar-refractivity contribution is 5.68. The van der Waals surface area contributed by atoms with Crippen LogP contribution in [0.25, 0.3) is 0 Å². The molecule has 0 saturated carbocycles. The van der Waals surface area contributed by atoms with E-state index in [-0.39, 0.29) is 12.2 Å². The monoisotopic (exact) mass is 342 g/mol. The SMILES string of the molecule is CN.Cc1ccc(OC2CCN(C(=O)OC(C)(C)C)C2)nc1.NO. The fraction of sp³-hybridized carbons (Fsp3) is 0.625. The molecule has 5 N–H and O–H groups in total. The molecule has 0 bridgehead atoms. The average molecular weight is 342 g/mol. The van der Waals surface area contributed by atoms with Crippen molar-refractivity contribution < 1.29 is 19.5 Å². The van der Waals surface area contributed by atoms with Crippen molar-refractivity contribution in [3.05, 3.63) is 23.9 Å². The summed E-state index contributed by atoms with van der Waals surface area (Å²) in [5, 5.41) is 6.50. The molecule has 0 radical (unpaired) electrons.